The fourth-order valence-corrected chi connectivity index (χ4v) is 4.45. The third-order valence-electron chi connectivity index (χ3n) is 6.48. The first-order valence-corrected chi connectivity index (χ1v) is 12.0. The summed E-state index contributed by atoms with van der Waals surface area (Å²) in [6.07, 6.45) is 0.503. The highest BCUT2D eigenvalue weighted by atomic mass is 16.5. The quantitative estimate of drug-likeness (QED) is 0.402. The first-order valence-electron chi connectivity index (χ1n) is 12.0. The summed E-state index contributed by atoms with van der Waals surface area (Å²) in [5.41, 5.74) is 3.97. The number of amides is 1. The Labute approximate surface area is 223 Å². The van der Waals surface area contributed by atoms with Gasteiger partial charge in [-0.05, 0) is 47.5 Å². The molecule has 0 spiro atoms. The lowest BCUT2D eigenvalue weighted by Crippen LogP contribution is -2.27. The SMILES string of the molecule is COc1cc(OC)cc([C@@H]2CC(c3cccc(N(C)C)c3)=NN2C(=O)c2cc(OC)c(OC)c(OC)c2)c1. The number of hydrazone groups is 1. The first kappa shape index (κ1) is 26.7. The lowest BCUT2D eigenvalue weighted by molar-refractivity contribution is 0.0710. The van der Waals surface area contributed by atoms with Crippen LogP contribution >= 0.6 is 0 Å². The zero-order valence-corrected chi connectivity index (χ0v) is 22.8. The van der Waals surface area contributed by atoms with Gasteiger partial charge in [0.25, 0.3) is 5.91 Å². The third-order valence-corrected chi connectivity index (χ3v) is 6.48. The Bertz CT molecular complexity index is 1310. The number of carbonyl (C=O) groups excluding carboxylic acids is 1. The molecule has 1 aliphatic rings. The van der Waals surface area contributed by atoms with Crippen LogP contribution in [-0.2, 0) is 0 Å². The van der Waals surface area contributed by atoms with E-state index in [0.717, 1.165) is 22.5 Å². The van der Waals surface area contributed by atoms with Crippen LogP contribution in [0.5, 0.6) is 28.7 Å². The first-order chi connectivity index (χ1) is 18.3. The smallest absolute Gasteiger partial charge is 0.274 e. The predicted octanol–water partition coefficient (Wildman–Crippen LogP) is 4.79. The number of anilines is 1. The van der Waals surface area contributed by atoms with E-state index in [0.29, 0.717) is 40.7 Å². The summed E-state index contributed by atoms with van der Waals surface area (Å²) in [5.74, 6) is 2.13. The second kappa shape index (κ2) is 11.3. The summed E-state index contributed by atoms with van der Waals surface area (Å²) >= 11 is 0. The van der Waals surface area contributed by atoms with Gasteiger partial charge in [0.2, 0.25) is 5.75 Å². The zero-order chi connectivity index (χ0) is 27.4. The van der Waals surface area contributed by atoms with Gasteiger partial charge < -0.3 is 28.6 Å². The van der Waals surface area contributed by atoms with Crippen molar-refractivity contribution < 1.29 is 28.5 Å². The highest BCUT2D eigenvalue weighted by Gasteiger charge is 2.35. The molecule has 0 unspecified atom stereocenters. The van der Waals surface area contributed by atoms with Crippen molar-refractivity contribution in [2.45, 2.75) is 12.5 Å². The van der Waals surface area contributed by atoms with E-state index in [1.807, 2.05) is 49.3 Å². The molecule has 0 aromatic heterocycles. The van der Waals surface area contributed by atoms with Crippen LogP contribution in [0.2, 0.25) is 0 Å². The number of benzene rings is 3. The minimum Gasteiger partial charge on any atom is -0.497 e. The van der Waals surface area contributed by atoms with Gasteiger partial charge in [0.05, 0.1) is 47.3 Å². The van der Waals surface area contributed by atoms with Crippen LogP contribution in [0.4, 0.5) is 5.69 Å². The van der Waals surface area contributed by atoms with E-state index in [9.17, 15) is 4.79 Å². The van der Waals surface area contributed by atoms with Gasteiger partial charge in [-0.3, -0.25) is 4.79 Å². The number of hydrogen-bond donors (Lipinski definition) is 0. The van der Waals surface area contributed by atoms with Gasteiger partial charge in [0.1, 0.15) is 11.5 Å². The van der Waals surface area contributed by atoms with Crippen LogP contribution in [0.3, 0.4) is 0 Å². The molecule has 1 heterocycles. The highest BCUT2D eigenvalue weighted by Crippen LogP contribution is 2.41. The van der Waals surface area contributed by atoms with E-state index < -0.39 is 6.04 Å². The summed E-state index contributed by atoms with van der Waals surface area (Å²) in [6, 6.07) is 16.5. The minimum atomic E-state index is -0.399. The van der Waals surface area contributed by atoms with Crippen molar-refractivity contribution in [3.63, 3.8) is 0 Å². The fourth-order valence-electron chi connectivity index (χ4n) is 4.45. The normalized spacial score (nSPS) is 14.6. The van der Waals surface area contributed by atoms with Gasteiger partial charge >= 0.3 is 0 Å². The third kappa shape index (κ3) is 5.18. The minimum absolute atomic E-state index is 0.310. The summed E-state index contributed by atoms with van der Waals surface area (Å²) in [6.45, 7) is 0. The second-order valence-electron chi connectivity index (χ2n) is 8.92. The molecule has 0 bridgehead atoms. The molecule has 38 heavy (non-hydrogen) atoms. The van der Waals surface area contributed by atoms with Gasteiger partial charge in [0, 0.05) is 37.8 Å². The van der Waals surface area contributed by atoms with Gasteiger partial charge in [-0.1, -0.05) is 12.1 Å². The van der Waals surface area contributed by atoms with Crippen molar-refractivity contribution in [1.29, 1.82) is 0 Å². The molecule has 9 heteroatoms. The molecule has 0 saturated carbocycles. The Morgan fingerprint density at radius 1 is 0.842 bits per heavy atom. The Kier molecular flexibility index (Phi) is 7.95. The molecule has 200 valence electrons. The van der Waals surface area contributed by atoms with Crippen LogP contribution < -0.4 is 28.6 Å². The number of carbonyl (C=O) groups is 1. The largest absolute Gasteiger partial charge is 0.497 e. The van der Waals surface area contributed by atoms with Gasteiger partial charge in [-0.2, -0.15) is 5.10 Å². The molecule has 9 nitrogen and oxygen atoms in total. The summed E-state index contributed by atoms with van der Waals surface area (Å²) < 4.78 is 27.4. The fraction of sp³-hybridized carbons (Fsp3) is 0.310. The van der Waals surface area contributed by atoms with Crippen LogP contribution in [0.25, 0.3) is 0 Å². The Morgan fingerprint density at radius 3 is 2.00 bits per heavy atom. The topological polar surface area (TPSA) is 82.1 Å². The van der Waals surface area contributed by atoms with Crippen LogP contribution in [0, 0.1) is 0 Å². The van der Waals surface area contributed by atoms with E-state index in [2.05, 4.69) is 6.07 Å². The van der Waals surface area contributed by atoms with E-state index in [-0.39, 0.29) is 5.91 Å². The molecule has 0 N–H and O–H groups in total. The predicted molar refractivity (Wildman–Crippen MR) is 146 cm³/mol. The molecule has 0 aliphatic carbocycles. The van der Waals surface area contributed by atoms with Gasteiger partial charge in [-0.25, -0.2) is 5.01 Å². The van der Waals surface area contributed by atoms with Crippen LogP contribution in [0.1, 0.15) is 33.9 Å². The van der Waals surface area contributed by atoms with Gasteiger partial charge in [-0.15, -0.1) is 0 Å². The molecule has 1 aliphatic heterocycles. The summed E-state index contributed by atoms with van der Waals surface area (Å²) in [7, 11) is 11.7. The second-order valence-corrected chi connectivity index (χ2v) is 8.92. The summed E-state index contributed by atoms with van der Waals surface area (Å²) in [5, 5.41) is 6.35. The number of hydrogen-bond acceptors (Lipinski definition) is 8. The van der Waals surface area contributed by atoms with E-state index in [4.69, 9.17) is 28.8 Å². The average Bonchev–Trinajstić information content (AvgIpc) is 3.41. The van der Waals surface area contributed by atoms with Crippen molar-refractivity contribution in [3.05, 3.63) is 71.3 Å². The molecule has 1 amide bonds. The van der Waals surface area contributed by atoms with Crippen molar-refractivity contribution in [2.75, 3.05) is 54.5 Å². The molecule has 3 aromatic carbocycles. The lowest BCUT2D eigenvalue weighted by Gasteiger charge is -2.24. The molecule has 0 radical (unpaired) electrons. The standard InChI is InChI=1S/C29H33N3O6/c1-31(2)21-10-8-9-18(11-21)24-17-25(19-12-22(34-3)16-23(13-19)35-4)32(30-24)29(33)20-14-26(36-5)28(38-7)27(15-20)37-6/h8-16,25H,17H2,1-7H3/t25-/m0/s1. The molecular weight excluding hydrogens is 486 g/mol. The van der Waals surface area contributed by atoms with Crippen LogP contribution in [0.15, 0.2) is 59.7 Å². The number of nitrogens with zero attached hydrogens (tertiary/aromatic N) is 3. The van der Waals surface area contributed by atoms with E-state index in [1.54, 1.807) is 32.4 Å². The van der Waals surface area contributed by atoms with Crippen molar-refractivity contribution in [3.8, 4) is 28.7 Å². The monoisotopic (exact) mass is 519 g/mol. The lowest BCUT2D eigenvalue weighted by atomic mass is 9.97. The van der Waals surface area contributed by atoms with E-state index in [1.165, 1.54) is 26.3 Å². The highest BCUT2D eigenvalue weighted by molar-refractivity contribution is 6.05. The molecule has 3 aromatic rings. The Morgan fingerprint density at radius 2 is 1.47 bits per heavy atom. The molecule has 0 fully saturated rings. The molecule has 4 rings (SSSR count). The van der Waals surface area contributed by atoms with Gasteiger partial charge in [0.15, 0.2) is 11.5 Å². The molecular formula is C29H33N3O6. The maximum Gasteiger partial charge on any atom is 0.274 e. The Balaban J connectivity index is 1.83. The summed E-state index contributed by atoms with van der Waals surface area (Å²) in [4.78, 5) is 16.1. The molecule has 1 atom stereocenters. The maximum atomic E-state index is 14.0. The van der Waals surface area contributed by atoms with Crippen molar-refractivity contribution >= 4 is 17.3 Å². The number of ether oxygens (including phenoxy) is 5. The maximum absolute atomic E-state index is 14.0. The molecule has 0 saturated heterocycles. The van der Waals surface area contributed by atoms with Crippen molar-refractivity contribution in [1.82, 2.24) is 5.01 Å². The number of rotatable bonds is 9. The van der Waals surface area contributed by atoms with Crippen LogP contribution in [-0.4, -0.2) is 66.3 Å². The Hall–Kier alpha value is -4.40. The number of methoxy groups -OCH3 is 5. The van der Waals surface area contributed by atoms with E-state index >= 15 is 0 Å². The average molecular weight is 520 g/mol. The van der Waals surface area contributed by atoms with Crippen molar-refractivity contribution in [2.24, 2.45) is 5.10 Å². The zero-order valence-electron chi connectivity index (χ0n) is 22.8.